The number of rotatable bonds is 9. The number of nitrogens with one attached hydrogen (secondary N) is 1. The minimum atomic E-state index is -0.378. The first kappa shape index (κ1) is 23.8. The summed E-state index contributed by atoms with van der Waals surface area (Å²) in [6, 6.07) is 17.1. The maximum atomic E-state index is 12.6. The number of hydrogen-bond donors (Lipinski definition) is 1. The van der Waals surface area contributed by atoms with E-state index in [0.29, 0.717) is 35.4 Å². The van der Waals surface area contributed by atoms with Gasteiger partial charge >= 0.3 is 5.97 Å². The average molecular weight is 480 g/mol. The molecule has 2 aromatic carbocycles. The molecule has 1 atom stereocenters. The van der Waals surface area contributed by atoms with E-state index in [0.717, 1.165) is 41.0 Å². The Morgan fingerprint density at radius 3 is 2.44 bits per heavy atom. The second kappa shape index (κ2) is 11.2. The maximum Gasteiger partial charge on any atom is 0.341 e. The van der Waals surface area contributed by atoms with Crippen molar-refractivity contribution in [1.29, 1.82) is 0 Å². The van der Waals surface area contributed by atoms with Crippen LogP contribution >= 0.6 is 11.3 Å². The van der Waals surface area contributed by atoms with E-state index < -0.39 is 0 Å². The Hall–Kier alpha value is -3.32. The smallest absolute Gasteiger partial charge is 0.341 e. The fourth-order valence-corrected chi connectivity index (χ4v) is 5.36. The minimum Gasteiger partial charge on any atom is -0.489 e. The molecule has 0 spiro atoms. The van der Waals surface area contributed by atoms with Crippen LogP contribution in [0.25, 0.3) is 0 Å². The van der Waals surface area contributed by atoms with Crippen molar-refractivity contribution in [3.63, 3.8) is 0 Å². The van der Waals surface area contributed by atoms with Crippen LogP contribution in [0, 0.1) is 5.92 Å². The molecule has 0 saturated heterocycles. The van der Waals surface area contributed by atoms with Crippen LogP contribution in [-0.2, 0) is 29.0 Å². The van der Waals surface area contributed by atoms with Crippen molar-refractivity contribution in [3.05, 3.63) is 76.2 Å². The quantitative estimate of drug-likeness (QED) is 0.402. The summed E-state index contributed by atoms with van der Waals surface area (Å²) in [6.07, 6.45) is 2.77. The van der Waals surface area contributed by atoms with E-state index in [1.54, 1.807) is 19.1 Å². The van der Waals surface area contributed by atoms with Gasteiger partial charge in [-0.15, -0.1) is 11.3 Å². The molecule has 1 aromatic heterocycles. The Kier molecular flexibility index (Phi) is 7.85. The molecule has 0 saturated carbocycles. The third-order valence-electron chi connectivity index (χ3n) is 5.69. The highest BCUT2D eigenvalue weighted by molar-refractivity contribution is 7.17. The Morgan fingerprint density at radius 1 is 1.03 bits per heavy atom. The van der Waals surface area contributed by atoms with Gasteiger partial charge in [-0.05, 0) is 67.5 Å². The lowest BCUT2D eigenvalue weighted by Gasteiger charge is -2.18. The topological polar surface area (TPSA) is 73.9 Å². The summed E-state index contributed by atoms with van der Waals surface area (Å²) < 4.78 is 16.7. The number of hydrogen-bond acceptors (Lipinski definition) is 6. The van der Waals surface area contributed by atoms with Crippen LogP contribution < -0.4 is 14.8 Å². The first-order valence-corrected chi connectivity index (χ1v) is 12.4. The third-order valence-corrected chi connectivity index (χ3v) is 6.86. The second-order valence-electron chi connectivity index (χ2n) is 8.36. The van der Waals surface area contributed by atoms with E-state index in [2.05, 4.69) is 12.2 Å². The third kappa shape index (κ3) is 5.97. The zero-order valence-electron chi connectivity index (χ0n) is 19.5. The highest BCUT2D eigenvalue weighted by Gasteiger charge is 2.29. The minimum absolute atomic E-state index is 0.161. The molecule has 3 aromatic rings. The van der Waals surface area contributed by atoms with E-state index in [1.165, 1.54) is 11.3 Å². The molecular formula is C27H29NO5S. The summed E-state index contributed by atoms with van der Waals surface area (Å²) in [7, 11) is 0. The normalized spacial score (nSPS) is 14.7. The molecule has 1 N–H and O–H groups in total. The molecule has 6 nitrogen and oxygen atoms in total. The zero-order valence-corrected chi connectivity index (χ0v) is 20.3. The zero-order chi connectivity index (χ0) is 23.9. The van der Waals surface area contributed by atoms with Gasteiger partial charge in [0.1, 0.15) is 23.1 Å². The number of thiophene rings is 1. The van der Waals surface area contributed by atoms with Gasteiger partial charge in [0.2, 0.25) is 0 Å². The first-order valence-electron chi connectivity index (χ1n) is 11.5. The van der Waals surface area contributed by atoms with E-state index >= 15 is 0 Å². The van der Waals surface area contributed by atoms with Crippen molar-refractivity contribution in [3.8, 4) is 11.5 Å². The number of amides is 1. The molecule has 1 amide bonds. The van der Waals surface area contributed by atoms with Gasteiger partial charge in [0.15, 0.2) is 6.61 Å². The number of carbonyl (C=O) groups excluding carboxylic acids is 2. The van der Waals surface area contributed by atoms with Crippen molar-refractivity contribution >= 4 is 28.2 Å². The van der Waals surface area contributed by atoms with Gasteiger partial charge in [-0.2, -0.15) is 0 Å². The summed E-state index contributed by atoms with van der Waals surface area (Å²) in [4.78, 5) is 26.4. The van der Waals surface area contributed by atoms with Gasteiger partial charge in [0.25, 0.3) is 5.91 Å². The molecule has 0 bridgehead atoms. The molecule has 0 fully saturated rings. The molecule has 34 heavy (non-hydrogen) atoms. The fourth-order valence-electron chi connectivity index (χ4n) is 3.94. The lowest BCUT2D eigenvalue weighted by molar-refractivity contribution is -0.118. The van der Waals surface area contributed by atoms with Crippen LogP contribution in [0.5, 0.6) is 11.5 Å². The highest BCUT2D eigenvalue weighted by atomic mass is 32.1. The Labute approximate surface area is 203 Å². The Balaban J connectivity index is 1.34. The van der Waals surface area contributed by atoms with Crippen LogP contribution in [0.3, 0.4) is 0 Å². The number of benzene rings is 2. The van der Waals surface area contributed by atoms with Crippen molar-refractivity contribution < 1.29 is 23.8 Å². The maximum absolute atomic E-state index is 12.6. The summed E-state index contributed by atoms with van der Waals surface area (Å²) in [5.41, 5.74) is 2.61. The van der Waals surface area contributed by atoms with Crippen LogP contribution in [0.2, 0.25) is 0 Å². The number of fused-ring (bicyclic) bond motifs is 1. The number of anilines is 1. The molecule has 4 rings (SSSR count). The van der Waals surface area contributed by atoms with E-state index in [9.17, 15) is 9.59 Å². The standard InChI is InChI=1S/C27H29NO5S/c1-3-31-27(30)25-22-14-9-18(2)15-23(22)34-26(25)28-24(29)17-33-21-12-10-20(11-13-21)32-16-19-7-5-4-6-8-19/h4-8,10-13,18H,3,9,14-17H2,1-2H3,(H,28,29)/t18-/m1/s1. The predicted molar refractivity (Wildman–Crippen MR) is 133 cm³/mol. The van der Waals surface area contributed by atoms with Crippen molar-refractivity contribution in [2.24, 2.45) is 5.92 Å². The van der Waals surface area contributed by atoms with Crippen molar-refractivity contribution in [2.45, 2.75) is 39.7 Å². The molecule has 0 radical (unpaired) electrons. The van der Waals surface area contributed by atoms with Crippen LogP contribution in [0.4, 0.5) is 5.00 Å². The van der Waals surface area contributed by atoms with Gasteiger partial charge in [-0.1, -0.05) is 37.3 Å². The molecule has 0 aliphatic heterocycles. The van der Waals surface area contributed by atoms with Crippen LogP contribution in [0.1, 0.15) is 46.6 Å². The molecule has 178 valence electrons. The second-order valence-corrected chi connectivity index (χ2v) is 9.46. The lowest BCUT2D eigenvalue weighted by atomic mass is 9.88. The van der Waals surface area contributed by atoms with Crippen LogP contribution in [-0.4, -0.2) is 25.1 Å². The van der Waals surface area contributed by atoms with E-state index in [4.69, 9.17) is 14.2 Å². The van der Waals surface area contributed by atoms with Crippen molar-refractivity contribution in [1.82, 2.24) is 0 Å². The lowest BCUT2D eigenvalue weighted by Crippen LogP contribution is -2.21. The van der Waals surface area contributed by atoms with Gasteiger partial charge in [-0.3, -0.25) is 4.79 Å². The molecular weight excluding hydrogens is 450 g/mol. The summed E-state index contributed by atoms with van der Waals surface area (Å²) in [5, 5.41) is 3.42. The monoisotopic (exact) mass is 479 g/mol. The van der Waals surface area contributed by atoms with E-state index in [1.807, 2.05) is 42.5 Å². The largest absolute Gasteiger partial charge is 0.489 e. The van der Waals surface area contributed by atoms with Crippen LogP contribution in [0.15, 0.2) is 54.6 Å². The van der Waals surface area contributed by atoms with Gasteiger partial charge in [0.05, 0.1) is 12.2 Å². The van der Waals surface area contributed by atoms with Gasteiger partial charge in [0, 0.05) is 4.88 Å². The highest BCUT2D eigenvalue weighted by Crippen LogP contribution is 2.40. The van der Waals surface area contributed by atoms with E-state index in [-0.39, 0.29) is 18.5 Å². The number of ether oxygens (including phenoxy) is 3. The first-order chi connectivity index (χ1) is 16.5. The summed E-state index contributed by atoms with van der Waals surface area (Å²) in [6.45, 7) is 4.60. The number of esters is 1. The van der Waals surface area contributed by atoms with Crippen molar-refractivity contribution in [2.75, 3.05) is 18.5 Å². The average Bonchev–Trinajstić information content (AvgIpc) is 3.19. The Morgan fingerprint density at radius 2 is 1.74 bits per heavy atom. The van der Waals surface area contributed by atoms with Gasteiger partial charge < -0.3 is 19.5 Å². The predicted octanol–water partition coefficient (Wildman–Crippen LogP) is 5.65. The molecule has 7 heteroatoms. The number of carbonyl (C=O) groups is 2. The molecule has 1 aliphatic rings. The van der Waals surface area contributed by atoms with Gasteiger partial charge in [-0.25, -0.2) is 4.79 Å². The fraction of sp³-hybridized carbons (Fsp3) is 0.333. The molecule has 1 heterocycles. The SMILES string of the molecule is CCOC(=O)c1c(NC(=O)COc2ccc(OCc3ccccc3)cc2)sc2c1CC[C@@H](C)C2. The summed E-state index contributed by atoms with van der Waals surface area (Å²) >= 11 is 1.47. The summed E-state index contributed by atoms with van der Waals surface area (Å²) in [5.74, 6) is 1.15. The Bertz CT molecular complexity index is 1120. The molecule has 1 aliphatic carbocycles. The molecule has 0 unspecified atom stereocenters.